The molecule has 0 atom stereocenters. The number of carbonyl (C=O) groups is 1. The summed E-state index contributed by atoms with van der Waals surface area (Å²) in [6.07, 6.45) is 7.44. The Morgan fingerprint density at radius 1 is 1.37 bits per heavy atom. The van der Waals surface area contributed by atoms with Crippen LogP contribution in [0, 0.1) is 6.92 Å². The zero-order valence-corrected chi connectivity index (χ0v) is 17.7. The fraction of sp³-hybridized carbons (Fsp3) is 0.526. The number of carbonyl (C=O) groups excluding carboxylic acids is 1. The van der Waals surface area contributed by atoms with Crippen LogP contribution in [0.3, 0.4) is 0 Å². The number of aryl methyl sites for hydroxylation is 3. The highest BCUT2D eigenvalue weighted by Crippen LogP contribution is 2.37. The molecule has 1 aliphatic carbocycles. The molecule has 2 heterocycles. The number of fused-ring (bicyclic) bond motifs is 1. The van der Waals surface area contributed by atoms with E-state index in [2.05, 4.69) is 22.7 Å². The highest BCUT2D eigenvalue weighted by Gasteiger charge is 2.25. The Morgan fingerprint density at radius 3 is 2.85 bits per heavy atom. The average Bonchev–Trinajstić information content (AvgIpc) is 3.10. The lowest BCUT2D eigenvalue weighted by atomic mass is 10.1. The van der Waals surface area contributed by atoms with Gasteiger partial charge in [-0.1, -0.05) is 6.42 Å². The van der Waals surface area contributed by atoms with Gasteiger partial charge in [-0.25, -0.2) is 4.79 Å². The standard InChI is InChI=1S/C19H26N4O2S2/c1-4-23-11-13(12(2)22-23)10-20-19(26)21-17-16(18(24)25-3)14-8-6-5-7-9-15(14)27-17/h11H,4-10H2,1-3H3,(H2,20,21,26). The Morgan fingerprint density at radius 2 is 2.15 bits per heavy atom. The predicted molar refractivity (Wildman–Crippen MR) is 113 cm³/mol. The quantitative estimate of drug-likeness (QED) is 0.447. The van der Waals surface area contributed by atoms with Gasteiger partial charge in [-0.05, 0) is 57.3 Å². The largest absolute Gasteiger partial charge is 0.465 e. The Labute approximate surface area is 169 Å². The first-order chi connectivity index (χ1) is 13.0. The third-order valence-corrected chi connectivity index (χ3v) is 6.30. The third kappa shape index (κ3) is 4.50. The Hall–Kier alpha value is -1.93. The Balaban J connectivity index is 1.73. The van der Waals surface area contributed by atoms with Crippen LogP contribution in [-0.4, -0.2) is 28.0 Å². The van der Waals surface area contributed by atoms with Crippen molar-refractivity contribution in [3.05, 3.63) is 33.5 Å². The van der Waals surface area contributed by atoms with Crippen LogP contribution < -0.4 is 10.6 Å². The van der Waals surface area contributed by atoms with E-state index in [4.69, 9.17) is 17.0 Å². The monoisotopic (exact) mass is 406 g/mol. The third-order valence-electron chi connectivity index (χ3n) is 4.85. The van der Waals surface area contributed by atoms with Gasteiger partial charge < -0.3 is 15.4 Å². The maximum atomic E-state index is 12.4. The molecule has 2 aromatic rings. The van der Waals surface area contributed by atoms with E-state index in [1.54, 1.807) is 11.3 Å². The maximum Gasteiger partial charge on any atom is 0.341 e. The van der Waals surface area contributed by atoms with Crippen LogP contribution in [0.4, 0.5) is 5.00 Å². The number of rotatable bonds is 5. The summed E-state index contributed by atoms with van der Waals surface area (Å²) in [6, 6.07) is 0. The summed E-state index contributed by atoms with van der Waals surface area (Å²) in [6.45, 7) is 5.49. The van der Waals surface area contributed by atoms with Gasteiger partial charge in [0.25, 0.3) is 0 Å². The van der Waals surface area contributed by atoms with E-state index in [0.717, 1.165) is 54.0 Å². The smallest absolute Gasteiger partial charge is 0.341 e. The zero-order valence-electron chi connectivity index (χ0n) is 16.1. The lowest BCUT2D eigenvalue weighted by Gasteiger charge is -2.11. The first-order valence-electron chi connectivity index (χ1n) is 9.34. The average molecular weight is 407 g/mol. The van der Waals surface area contributed by atoms with Gasteiger partial charge >= 0.3 is 5.97 Å². The second kappa shape index (κ2) is 8.84. The molecule has 0 bridgehead atoms. The van der Waals surface area contributed by atoms with Gasteiger partial charge in [-0.3, -0.25) is 4.68 Å². The molecular weight excluding hydrogens is 380 g/mol. The van der Waals surface area contributed by atoms with E-state index in [9.17, 15) is 4.79 Å². The number of anilines is 1. The number of esters is 1. The summed E-state index contributed by atoms with van der Waals surface area (Å²) in [7, 11) is 1.43. The second-order valence-electron chi connectivity index (χ2n) is 6.66. The van der Waals surface area contributed by atoms with Crippen LogP contribution in [0.15, 0.2) is 6.20 Å². The van der Waals surface area contributed by atoms with Gasteiger partial charge in [-0.15, -0.1) is 11.3 Å². The molecule has 0 aliphatic heterocycles. The van der Waals surface area contributed by atoms with Crippen molar-refractivity contribution in [3.8, 4) is 0 Å². The van der Waals surface area contributed by atoms with E-state index in [0.29, 0.717) is 17.2 Å². The number of aromatic nitrogens is 2. The number of hydrogen-bond donors (Lipinski definition) is 2. The van der Waals surface area contributed by atoms with Gasteiger partial charge in [0, 0.05) is 29.7 Å². The summed E-state index contributed by atoms with van der Waals surface area (Å²) >= 11 is 7.09. The Kier molecular flexibility index (Phi) is 6.49. The molecule has 6 nitrogen and oxygen atoms in total. The van der Waals surface area contributed by atoms with Crippen LogP contribution in [-0.2, 0) is 30.7 Å². The molecule has 0 saturated carbocycles. The Bertz CT molecular complexity index is 841. The van der Waals surface area contributed by atoms with Crippen molar-refractivity contribution < 1.29 is 9.53 Å². The molecule has 2 N–H and O–H groups in total. The van der Waals surface area contributed by atoms with Crippen LogP contribution >= 0.6 is 23.6 Å². The highest BCUT2D eigenvalue weighted by atomic mass is 32.1. The summed E-state index contributed by atoms with van der Waals surface area (Å²) < 4.78 is 6.95. The number of hydrogen-bond acceptors (Lipinski definition) is 5. The molecule has 1 aliphatic rings. The van der Waals surface area contributed by atoms with Crippen molar-refractivity contribution >= 4 is 39.6 Å². The van der Waals surface area contributed by atoms with Crippen molar-refractivity contribution in [2.24, 2.45) is 0 Å². The topological polar surface area (TPSA) is 68.2 Å². The predicted octanol–water partition coefficient (Wildman–Crippen LogP) is 3.82. The van der Waals surface area contributed by atoms with Gasteiger partial charge in [-0.2, -0.15) is 5.10 Å². The van der Waals surface area contributed by atoms with E-state index in [1.165, 1.54) is 18.4 Å². The minimum atomic E-state index is -0.292. The van der Waals surface area contributed by atoms with Crippen molar-refractivity contribution in [2.45, 2.75) is 59.0 Å². The minimum Gasteiger partial charge on any atom is -0.465 e. The maximum absolute atomic E-state index is 12.4. The number of methoxy groups -OCH3 is 1. The summed E-state index contributed by atoms with van der Waals surface area (Å²) in [5, 5.41) is 12.2. The number of ether oxygens (including phenoxy) is 1. The fourth-order valence-electron chi connectivity index (χ4n) is 3.37. The molecule has 146 valence electrons. The first kappa shape index (κ1) is 19.8. The molecule has 27 heavy (non-hydrogen) atoms. The van der Waals surface area contributed by atoms with Gasteiger partial charge in [0.15, 0.2) is 5.11 Å². The zero-order chi connectivity index (χ0) is 19.4. The van der Waals surface area contributed by atoms with E-state index in [1.807, 2.05) is 17.8 Å². The van der Waals surface area contributed by atoms with Crippen molar-refractivity contribution in [3.63, 3.8) is 0 Å². The fourth-order valence-corrected chi connectivity index (χ4v) is 4.89. The minimum absolute atomic E-state index is 0.292. The number of nitrogens with zero attached hydrogens (tertiary/aromatic N) is 2. The molecule has 0 spiro atoms. The van der Waals surface area contributed by atoms with Gasteiger partial charge in [0.05, 0.1) is 18.4 Å². The molecule has 0 radical (unpaired) electrons. The molecule has 0 saturated heterocycles. The normalized spacial score (nSPS) is 13.6. The number of thiocarbonyl (C=S) groups is 1. The summed E-state index contributed by atoms with van der Waals surface area (Å²) in [4.78, 5) is 13.7. The lowest BCUT2D eigenvalue weighted by molar-refractivity contribution is 0.0601. The molecule has 0 aromatic carbocycles. The van der Waals surface area contributed by atoms with Crippen molar-refractivity contribution in [1.29, 1.82) is 0 Å². The van der Waals surface area contributed by atoms with E-state index in [-0.39, 0.29) is 5.97 Å². The van der Waals surface area contributed by atoms with E-state index >= 15 is 0 Å². The first-order valence-corrected chi connectivity index (χ1v) is 10.6. The van der Waals surface area contributed by atoms with Crippen molar-refractivity contribution in [1.82, 2.24) is 15.1 Å². The molecule has 2 aromatic heterocycles. The highest BCUT2D eigenvalue weighted by molar-refractivity contribution is 7.80. The molecule has 8 heteroatoms. The molecular formula is C19H26N4O2S2. The summed E-state index contributed by atoms with van der Waals surface area (Å²) in [5.41, 5.74) is 3.88. The number of thiophene rings is 1. The molecule has 0 unspecified atom stereocenters. The molecule has 3 rings (SSSR count). The SMILES string of the molecule is CCn1cc(CNC(=S)Nc2sc3c(c2C(=O)OC)CCCCC3)c(C)n1. The molecule has 0 amide bonds. The summed E-state index contributed by atoms with van der Waals surface area (Å²) in [5.74, 6) is -0.292. The van der Waals surface area contributed by atoms with E-state index < -0.39 is 0 Å². The lowest BCUT2D eigenvalue weighted by Crippen LogP contribution is -2.28. The molecule has 0 fully saturated rings. The second-order valence-corrected chi connectivity index (χ2v) is 8.18. The van der Waals surface area contributed by atoms with Crippen LogP contribution in [0.5, 0.6) is 0 Å². The van der Waals surface area contributed by atoms with Crippen LogP contribution in [0.2, 0.25) is 0 Å². The van der Waals surface area contributed by atoms with Crippen molar-refractivity contribution in [2.75, 3.05) is 12.4 Å². The van der Waals surface area contributed by atoms with Gasteiger partial charge in [0.1, 0.15) is 5.00 Å². The number of nitrogens with one attached hydrogen (secondary N) is 2. The van der Waals surface area contributed by atoms with Crippen LogP contribution in [0.25, 0.3) is 0 Å². The van der Waals surface area contributed by atoms with Crippen LogP contribution in [0.1, 0.15) is 58.2 Å². The van der Waals surface area contributed by atoms with Gasteiger partial charge in [0.2, 0.25) is 0 Å².